The van der Waals surface area contributed by atoms with Crippen molar-refractivity contribution in [2.45, 2.75) is 165 Å². The number of hydrogen-bond acceptors (Lipinski definition) is 21. The Morgan fingerprint density at radius 2 is 0.767 bits per heavy atom. The Morgan fingerprint density at radius 1 is 0.430 bits per heavy atom. The summed E-state index contributed by atoms with van der Waals surface area (Å²) in [7, 11) is 0. The minimum Gasteiger partial charge on any atom is -0.481 e. The van der Waals surface area contributed by atoms with Gasteiger partial charge < -0.3 is 101 Å². The lowest BCUT2D eigenvalue weighted by atomic mass is 10.0. The van der Waals surface area contributed by atoms with Crippen molar-refractivity contribution >= 4 is 126 Å². The van der Waals surface area contributed by atoms with Crippen LogP contribution in [0.15, 0.2) is 0 Å². The summed E-state index contributed by atoms with van der Waals surface area (Å²) in [6.07, 6.45) is -8.24. The van der Waals surface area contributed by atoms with Crippen LogP contribution in [0.2, 0.25) is 0 Å². The molecular formula is C48H77N13O23S2. The number of rotatable bonds is 40. The molecule has 0 radical (unpaired) electrons. The number of hydrogen-bond donors (Lipinski definition) is 21. The SMILES string of the molecule is CC(C)[C@H](NC(=O)CNC(=O)[C@@H](N)C(C)(C)S)C(=O)N[C@@H](CC(=O)O)C(=O)N[C@H](C(=O)N[C@@H](CC(=O)O)C(=O)N[C@@H](CCC(N)=O)C(=O)N[C@@H](CC(=O)O)C(=O)NCC(=O)N[C@@H](CCC(=O)O)C(=O)N[C@H](C(=O)N[C@@H](CS)C(=O)O)[C@@H](C)O)C(C)C. The first kappa shape index (κ1) is 77.6. The van der Waals surface area contributed by atoms with E-state index in [9.17, 15) is 112 Å². The molecular weight excluding hydrogens is 1190 g/mol. The molecule has 0 heterocycles. The number of thiol groups is 2. The first-order valence-electron chi connectivity index (χ1n) is 26.0. The molecule has 0 saturated heterocycles. The van der Waals surface area contributed by atoms with E-state index in [0.717, 1.165) is 6.92 Å². The quantitative estimate of drug-likeness (QED) is 0.0253. The van der Waals surface area contributed by atoms with Crippen LogP contribution in [0, 0.1) is 11.8 Å². The minimum absolute atomic E-state index is 0.419. The highest BCUT2D eigenvalue weighted by molar-refractivity contribution is 7.81. The van der Waals surface area contributed by atoms with Crippen LogP contribution in [0.4, 0.5) is 0 Å². The van der Waals surface area contributed by atoms with Gasteiger partial charge in [-0.1, -0.05) is 27.7 Å². The van der Waals surface area contributed by atoms with Crippen molar-refractivity contribution in [2.24, 2.45) is 23.3 Å². The van der Waals surface area contributed by atoms with Gasteiger partial charge in [-0.2, -0.15) is 25.3 Å². The van der Waals surface area contributed by atoms with E-state index in [2.05, 4.69) is 67.8 Å². The normalized spacial score (nSPS) is 15.0. The third-order valence-corrected chi connectivity index (χ3v) is 12.6. The number of nitrogens with two attached hydrogens (primary N) is 2. The number of aliphatic hydroxyl groups is 1. The van der Waals surface area contributed by atoms with Crippen LogP contribution < -0.4 is 70.0 Å². The lowest BCUT2D eigenvalue weighted by molar-refractivity contribution is -0.143. The Morgan fingerprint density at radius 3 is 1.17 bits per heavy atom. The van der Waals surface area contributed by atoms with E-state index in [-0.39, 0.29) is 0 Å². The molecule has 21 N–H and O–H groups in total. The molecule has 484 valence electrons. The minimum atomic E-state index is -2.16. The zero-order valence-corrected chi connectivity index (χ0v) is 49.5. The van der Waals surface area contributed by atoms with Gasteiger partial charge in [0.05, 0.1) is 44.5 Å². The summed E-state index contributed by atoms with van der Waals surface area (Å²) in [6, 6.07) is -17.9. The number of nitrogens with one attached hydrogen (secondary N) is 11. The first-order chi connectivity index (χ1) is 39.6. The van der Waals surface area contributed by atoms with Crippen molar-refractivity contribution in [3.05, 3.63) is 0 Å². The highest BCUT2D eigenvalue weighted by atomic mass is 32.1. The fourth-order valence-corrected chi connectivity index (χ4v) is 7.46. The molecule has 0 saturated carbocycles. The van der Waals surface area contributed by atoms with Crippen LogP contribution in [0.5, 0.6) is 0 Å². The highest BCUT2D eigenvalue weighted by Gasteiger charge is 2.38. The highest BCUT2D eigenvalue weighted by Crippen LogP contribution is 2.16. The molecule has 0 aliphatic rings. The maximum atomic E-state index is 13.8. The van der Waals surface area contributed by atoms with Crippen LogP contribution >= 0.6 is 25.3 Å². The van der Waals surface area contributed by atoms with Gasteiger partial charge in [0, 0.05) is 23.3 Å². The number of carbonyl (C=O) groups excluding carboxylic acids is 12. The van der Waals surface area contributed by atoms with E-state index in [0.29, 0.717) is 0 Å². The zero-order valence-electron chi connectivity index (χ0n) is 47.7. The lowest BCUT2D eigenvalue weighted by Crippen LogP contribution is -2.61. The Balaban J connectivity index is 6.56. The molecule has 0 bridgehead atoms. The standard InChI is InChI=1S/C48H77N13O23S2/c1-18(2)34(59-29(65)16-52-46(82)37(50)48(6,7)86)43(79)57-25(14-33(72)73)42(78)60-35(19(3)4)44(80)56-24(13-32(70)71)41(77)54-22(8-10-27(49)63)39(75)55-23(12-31(68)69)38(74)51-15-28(64)53-21(9-11-30(66)67)40(76)61-36(20(5)62)45(81)58-26(17-85)47(83)84/h18-26,34-37,62,85-86H,8-17,50H2,1-7H3,(H2,49,63)(H,51,74)(H,52,82)(H,53,64)(H,54,77)(H,55,75)(H,56,80)(H,57,79)(H,58,81)(H,59,65)(H,60,78)(H,61,76)(H,66,67)(H,68,69)(H,70,71)(H,72,73)(H,83,84)/t20-,21+,22+,23+,24+,25+,26+,34+,35+,36+,37-/m1/s1. The van der Waals surface area contributed by atoms with Gasteiger partial charge in [0.15, 0.2) is 0 Å². The van der Waals surface area contributed by atoms with Gasteiger partial charge in [-0.25, -0.2) is 4.79 Å². The predicted octanol–water partition coefficient (Wildman–Crippen LogP) is -8.12. The van der Waals surface area contributed by atoms with E-state index in [1.165, 1.54) is 27.7 Å². The maximum absolute atomic E-state index is 13.8. The molecule has 0 aromatic heterocycles. The van der Waals surface area contributed by atoms with Crippen molar-refractivity contribution in [2.75, 3.05) is 18.8 Å². The number of amides is 12. The average Bonchev–Trinajstić information content (AvgIpc) is 3.47. The second-order valence-electron chi connectivity index (χ2n) is 20.5. The molecule has 0 aromatic carbocycles. The van der Waals surface area contributed by atoms with Gasteiger partial charge in [-0.05, 0) is 45.4 Å². The van der Waals surface area contributed by atoms with E-state index in [1.54, 1.807) is 13.8 Å². The summed E-state index contributed by atoms with van der Waals surface area (Å²) in [6.45, 7) is 7.97. The molecule has 86 heavy (non-hydrogen) atoms. The summed E-state index contributed by atoms with van der Waals surface area (Å²) in [4.78, 5) is 217. The molecule has 38 heteroatoms. The van der Waals surface area contributed by atoms with Crippen molar-refractivity contribution in [1.82, 2.24) is 58.5 Å². The van der Waals surface area contributed by atoms with Crippen molar-refractivity contribution in [1.29, 1.82) is 0 Å². The Labute approximate surface area is 501 Å². The largest absolute Gasteiger partial charge is 0.481 e. The average molecular weight is 1270 g/mol. The fourth-order valence-electron chi connectivity index (χ4n) is 7.10. The Kier molecular flexibility index (Phi) is 33.5. The van der Waals surface area contributed by atoms with Crippen LogP contribution in [-0.4, -0.2) is 221 Å². The summed E-state index contributed by atoms with van der Waals surface area (Å²) in [5, 5.41) is 81.0. The molecule has 0 unspecified atom stereocenters. The van der Waals surface area contributed by atoms with Gasteiger partial charge in [0.2, 0.25) is 70.9 Å². The maximum Gasteiger partial charge on any atom is 0.327 e. The number of aliphatic hydroxyl groups excluding tert-OH is 1. The van der Waals surface area contributed by atoms with E-state index >= 15 is 0 Å². The third kappa shape index (κ3) is 29.4. The Hall–Kier alpha value is -8.39. The molecule has 0 spiro atoms. The first-order valence-corrected chi connectivity index (χ1v) is 27.1. The lowest BCUT2D eigenvalue weighted by Gasteiger charge is -2.28. The summed E-state index contributed by atoms with van der Waals surface area (Å²) >= 11 is 8.03. The Bertz CT molecular complexity index is 2530. The topological polar surface area (TPSA) is 596 Å². The van der Waals surface area contributed by atoms with Crippen LogP contribution in [0.25, 0.3) is 0 Å². The molecule has 11 atom stereocenters. The summed E-state index contributed by atoms with van der Waals surface area (Å²) in [5.74, 6) is -24.8. The smallest absolute Gasteiger partial charge is 0.327 e. The van der Waals surface area contributed by atoms with Crippen LogP contribution in [0.1, 0.15) is 93.4 Å². The zero-order chi connectivity index (χ0) is 66.7. The number of aliphatic carboxylic acids is 5. The van der Waals surface area contributed by atoms with E-state index < -0.39 is 248 Å². The molecule has 0 fully saturated rings. The van der Waals surface area contributed by atoms with Crippen LogP contribution in [0.3, 0.4) is 0 Å². The van der Waals surface area contributed by atoms with Gasteiger partial charge in [-0.3, -0.25) is 76.7 Å². The predicted molar refractivity (Wildman–Crippen MR) is 299 cm³/mol. The van der Waals surface area contributed by atoms with E-state index in [1.807, 2.05) is 16.0 Å². The van der Waals surface area contributed by atoms with Gasteiger partial charge in [-0.15, -0.1) is 0 Å². The molecule has 0 aliphatic carbocycles. The van der Waals surface area contributed by atoms with E-state index in [4.69, 9.17) is 11.5 Å². The monoisotopic (exact) mass is 1270 g/mol. The second-order valence-corrected chi connectivity index (χ2v) is 22.0. The van der Waals surface area contributed by atoms with Crippen molar-refractivity contribution < 1.29 is 112 Å². The summed E-state index contributed by atoms with van der Waals surface area (Å²) < 4.78 is -0.983. The summed E-state index contributed by atoms with van der Waals surface area (Å²) in [5.41, 5.74) is 11.1. The van der Waals surface area contributed by atoms with Gasteiger partial charge >= 0.3 is 29.8 Å². The number of carbonyl (C=O) groups is 17. The van der Waals surface area contributed by atoms with Gasteiger partial charge in [0.1, 0.15) is 54.4 Å². The molecule has 0 aromatic rings. The van der Waals surface area contributed by atoms with Gasteiger partial charge in [0.25, 0.3) is 0 Å². The van der Waals surface area contributed by atoms with Crippen molar-refractivity contribution in [3.8, 4) is 0 Å². The number of primary amides is 1. The molecule has 0 rings (SSSR count). The van der Waals surface area contributed by atoms with Crippen LogP contribution in [-0.2, 0) is 81.5 Å². The number of carboxylic acids is 5. The molecule has 12 amide bonds. The number of carboxylic acid groups (broad SMARTS) is 5. The fraction of sp³-hybridized carbons (Fsp3) is 0.646. The molecule has 0 aliphatic heterocycles. The third-order valence-electron chi connectivity index (χ3n) is 11.9. The second kappa shape index (κ2) is 37.1. The van der Waals surface area contributed by atoms with Crippen molar-refractivity contribution in [3.63, 3.8) is 0 Å². The molecule has 36 nitrogen and oxygen atoms in total.